The van der Waals surface area contributed by atoms with Crippen molar-refractivity contribution in [3.63, 3.8) is 0 Å². The van der Waals surface area contributed by atoms with Crippen molar-refractivity contribution in [3.8, 4) is 22.8 Å². The number of fused-ring (bicyclic) bond motifs is 1. The number of phenols is 1. The molecule has 0 fully saturated rings. The molecule has 4 rings (SSSR count). The predicted molar refractivity (Wildman–Crippen MR) is 101 cm³/mol. The van der Waals surface area contributed by atoms with Gasteiger partial charge in [-0.25, -0.2) is 4.98 Å². The summed E-state index contributed by atoms with van der Waals surface area (Å²) in [5.41, 5.74) is 3.87. The second-order valence-corrected chi connectivity index (χ2v) is 6.62. The van der Waals surface area contributed by atoms with E-state index >= 15 is 0 Å². The van der Waals surface area contributed by atoms with Crippen LogP contribution in [0.3, 0.4) is 0 Å². The largest absolute Gasteiger partial charge is 0.504 e. The van der Waals surface area contributed by atoms with Gasteiger partial charge in [0.05, 0.1) is 7.11 Å². The standard InChI is InChI=1S/C19H17N3O2S/c1-12-4-3-5-14(10-12)20-18-17(21-19-22(18)8-9-25-19)13-6-7-15(23)16(11-13)24-2/h3-11,20,23H,1-2H3. The summed E-state index contributed by atoms with van der Waals surface area (Å²) in [6.45, 7) is 2.06. The summed E-state index contributed by atoms with van der Waals surface area (Å²) >= 11 is 1.58. The lowest BCUT2D eigenvalue weighted by Crippen LogP contribution is -1.96. The van der Waals surface area contributed by atoms with Crippen LogP contribution in [0.5, 0.6) is 11.5 Å². The molecule has 0 amide bonds. The van der Waals surface area contributed by atoms with Crippen LogP contribution < -0.4 is 10.1 Å². The molecule has 126 valence electrons. The number of hydrogen-bond donors (Lipinski definition) is 2. The first-order valence-corrected chi connectivity index (χ1v) is 8.70. The third-order valence-corrected chi connectivity index (χ3v) is 4.75. The van der Waals surface area contributed by atoms with E-state index in [-0.39, 0.29) is 5.75 Å². The van der Waals surface area contributed by atoms with Gasteiger partial charge in [-0.1, -0.05) is 12.1 Å². The number of aromatic nitrogens is 2. The number of aromatic hydroxyl groups is 1. The number of phenolic OH excluding ortho intramolecular Hbond substituents is 1. The van der Waals surface area contributed by atoms with Gasteiger partial charge in [0.15, 0.2) is 16.5 Å². The first kappa shape index (κ1) is 15.5. The van der Waals surface area contributed by atoms with Crippen LogP contribution in [0.25, 0.3) is 16.2 Å². The Kier molecular flexibility index (Phi) is 3.82. The van der Waals surface area contributed by atoms with Gasteiger partial charge in [-0.15, -0.1) is 11.3 Å². The number of nitrogens with one attached hydrogen (secondary N) is 1. The van der Waals surface area contributed by atoms with Crippen molar-refractivity contribution in [1.29, 1.82) is 0 Å². The highest BCUT2D eigenvalue weighted by Crippen LogP contribution is 2.37. The lowest BCUT2D eigenvalue weighted by molar-refractivity contribution is 0.373. The summed E-state index contributed by atoms with van der Waals surface area (Å²) < 4.78 is 7.26. The zero-order chi connectivity index (χ0) is 17.4. The summed E-state index contributed by atoms with van der Waals surface area (Å²) in [6.07, 6.45) is 1.99. The molecular weight excluding hydrogens is 334 g/mol. The molecule has 0 saturated carbocycles. The molecule has 4 aromatic rings. The number of methoxy groups -OCH3 is 1. The Hall–Kier alpha value is -2.99. The second kappa shape index (κ2) is 6.14. The van der Waals surface area contributed by atoms with Crippen LogP contribution in [-0.4, -0.2) is 21.6 Å². The van der Waals surface area contributed by atoms with Crippen LogP contribution in [-0.2, 0) is 0 Å². The molecule has 0 aliphatic heterocycles. The van der Waals surface area contributed by atoms with E-state index < -0.39 is 0 Å². The van der Waals surface area contributed by atoms with E-state index in [0.717, 1.165) is 27.7 Å². The number of anilines is 2. The number of rotatable bonds is 4. The molecule has 2 aromatic heterocycles. The van der Waals surface area contributed by atoms with E-state index in [1.807, 2.05) is 34.2 Å². The maximum atomic E-state index is 9.85. The first-order valence-electron chi connectivity index (χ1n) is 7.82. The van der Waals surface area contributed by atoms with E-state index in [1.54, 1.807) is 23.5 Å². The molecule has 6 heteroatoms. The van der Waals surface area contributed by atoms with Crippen molar-refractivity contribution >= 4 is 27.8 Å². The zero-order valence-corrected chi connectivity index (χ0v) is 14.7. The topological polar surface area (TPSA) is 58.8 Å². The molecule has 0 atom stereocenters. The molecule has 25 heavy (non-hydrogen) atoms. The normalized spacial score (nSPS) is 11.0. The quantitative estimate of drug-likeness (QED) is 0.553. The van der Waals surface area contributed by atoms with Crippen LogP contribution in [0.15, 0.2) is 54.0 Å². The van der Waals surface area contributed by atoms with E-state index in [0.29, 0.717) is 5.75 Å². The van der Waals surface area contributed by atoms with Gasteiger partial charge in [0.25, 0.3) is 0 Å². The van der Waals surface area contributed by atoms with Gasteiger partial charge in [0.1, 0.15) is 11.5 Å². The van der Waals surface area contributed by atoms with Crippen LogP contribution >= 0.6 is 11.3 Å². The Morgan fingerprint density at radius 1 is 1.20 bits per heavy atom. The van der Waals surface area contributed by atoms with Crippen molar-refractivity contribution in [2.75, 3.05) is 12.4 Å². The van der Waals surface area contributed by atoms with Gasteiger partial charge in [0.2, 0.25) is 0 Å². The van der Waals surface area contributed by atoms with Crippen molar-refractivity contribution < 1.29 is 9.84 Å². The highest BCUT2D eigenvalue weighted by atomic mass is 32.1. The molecule has 0 aliphatic rings. The summed E-state index contributed by atoms with van der Waals surface area (Å²) in [7, 11) is 1.54. The predicted octanol–water partition coefficient (Wildman–Crippen LogP) is 4.83. The van der Waals surface area contributed by atoms with Crippen molar-refractivity contribution in [2.45, 2.75) is 6.92 Å². The minimum Gasteiger partial charge on any atom is -0.504 e. The molecule has 2 heterocycles. The van der Waals surface area contributed by atoms with Gasteiger partial charge in [-0.3, -0.25) is 4.40 Å². The molecule has 0 unspecified atom stereocenters. The number of aryl methyl sites for hydroxylation is 1. The molecule has 5 nitrogen and oxygen atoms in total. The van der Waals surface area contributed by atoms with Crippen molar-refractivity contribution in [1.82, 2.24) is 9.38 Å². The van der Waals surface area contributed by atoms with E-state index in [2.05, 4.69) is 24.4 Å². The highest BCUT2D eigenvalue weighted by molar-refractivity contribution is 7.15. The fraction of sp³-hybridized carbons (Fsp3) is 0.105. The van der Waals surface area contributed by atoms with E-state index in [4.69, 9.17) is 9.72 Å². The number of nitrogens with zero attached hydrogens (tertiary/aromatic N) is 2. The van der Waals surface area contributed by atoms with Crippen molar-refractivity contribution in [2.24, 2.45) is 0 Å². The van der Waals surface area contributed by atoms with Crippen LogP contribution in [0, 0.1) is 6.92 Å². The Balaban J connectivity index is 1.85. The maximum absolute atomic E-state index is 9.85. The number of ether oxygens (including phenoxy) is 1. The fourth-order valence-electron chi connectivity index (χ4n) is 2.79. The van der Waals surface area contributed by atoms with Gasteiger partial charge >= 0.3 is 0 Å². The monoisotopic (exact) mass is 351 g/mol. The van der Waals surface area contributed by atoms with Gasteiger partial charge in [-0.05, 0) is 42.8 Å². The minimum absolute atomic E-state index is 0.112. The fourth-order valence-corrected chi connectivity index (χ4v) is 3.50. The second-order valence-electron chi connectivity index (χ2n) is 5.75. The van der Waals surface area contributed by atoms with Crippen LogP contribution in [0.2, 0.25) is 0 Å². The van der Waals surface area contributed by atoms with E-state index in [1.165, 1.54) is 12.7 Å². The van der Waals surface area contributed by atoms with Gasteiger partial charge in [0, 0.05) is 22.8 Å². The molecule has 0 bridgehead atoms. The van der Waals surface area contributed by atoms with Crippen LogP contribution in [0.4, 0.5) is 11.5 Å². The number of thiazole rings is 1. The molecule has 0 radical (unpaired) electrons. The van der Waals surface area contributed by atoms with Crippen molar-refractivity contribution in [3.05, 3.63) is 59.6 Å². The lowest BCUT2D eigenvalue weighted by atomic mass is 10.1. The maximum Gasteiger partial charge on any atom is 0.195 e. The average molecular weight is 351 g/mol. The Morgan fingerprint density at radius 2 is 2.08 bits per heavy atom. The molecule has 0 aliphatic carbocycles. The average Bonchev–Trinajstić information content (AvgIpc) is 3.18. The molecular formula is C19H17N3O2S. The summed E-state index contributed by atoms with van der Waals surface area (Å²) in [6, 6.07) is 13.5. The number of hydrogen-bond acceptors (Lipinski definition) is 5. The lowest BCUT2D eigenvalue weighted by Gasteiger charge is -2.10. The highest BCUT2D eigenvalue weighted by Gasteiger charge is 2.17. The molecule has 2 aromatic carbocycles. The van der Waals surface area contributed by atoms with E-state index in [9.17, 15) is 5.11 Å². The summed E-state index contributed by atoms with van der Waals surface area (Å²) in [4.78, 5) is 5.65. The van der Waals surface area contributed by atoms with Gasteiger partial charge in [-0.2, -0.15) is 0 Å². The van der Waals surface area contributed by atoms with Crippen LogP contribution in [0.1, 0.15) is 5.56 Å². The Morgan fingerprint density at radius 3 is 2.88 bits per heavy atom. The minimum atomic E-state index is 0.112. The smallest absolute Gasteiger partial charge is 0.195 e. The SMILES string of the molecule is COc1cc(-c2nc3sccn3c2Nc2cccc(C)c2)ccc1O. The Bertz CT molecular complexity index is 1050. The van der Waals surface area contributed by atoms with Gasteiger partial charge < -0.3 is 15.2 Å². The first-order chi connectivity index (χ1) is 12.2. The third-order valence-electron chi connectivity index (χ3n) is 4.00. The zero-order valence-electron chi connectivity index (χ0n) is 13.9. The third kappa shape index (κ3) is 2.81. The molecule has 0 spiro atoms. The number of imidazole rings is 1. The Labute approximate surface area is 149 Å². The summed E-state index contributed by atoms with van der Waals surface area (Å²) in [5, 5.41) is 15.3. The number of benzene rings is 2. The molecule has 0 saturated heterocycles. The summed E-state index contributed by atoms with van der Waals surface area (Å²) in [5.74, 6) is 1.42. The molecule has 2 N–H and O–H groups in total.